The van der Waals surface area contributed by atoms with E-state index in [1.165, 1.54) is 0 Å². The Bertz CT molecular complexity index is 744. The first-order valence-electron chi connectivity index (χ1n) is 7.99. The average molecular weight is 340 g/mol. The number of carboxylic acids is 1. The van der Waals surface area contributed by atoms with Crippen molar-refractivity contribution in [1.82, 2.24) is 5.32 Å². The first-order valence-corrected chi connectivity index (χ1v) is 7.99. The smallest absolute Gasteiger partial charge is 0.303 e. The molecule has 25 heavy (non-hydrogen) atoms. The molecule has 130 valence electrons. The Morgan fingerprint density at radius 3 is 2.28 bits per heavy atom. The quantitative estimate of drug-likeness (QED) is 0.688. The van der Waals surface area contributed by atoms with Crippen molar-refractivity contribution in [3.8, 4) is 0 Å². The monoisotopic (exact) mass is 340 g/mol. The fourth-order valence-corrected chi connectivity index (χ4v) is 2.28. The van der Waals surface area contributed by atoms with Crippen molar-refractivity contribution >= 4 is 23.5 Å². The van der Waals surface area contributed by atoms with Crippen LogP contribution in [0.5, 0.6) is 0 Å². The number of carboxylic acid groups (broad SMARTS) is 1. The lowest BCUT2D eigenvalue weighted by Crippen LogP contribution is -2.24. The first-order chi connectivity index (χ1) is 12.1. The van der Waals surface area contributed by atoms with Gasteiger partial charge in [-0.05, 0) is 24.1 Å². The number of benzene rings is 2. The van der Waals surface area contributed by atoms with Gasteiger partial charge in [-0.3, -0.25) is 14.4 Å². The fourth-order valence-electron chi connectivity index (χ4n) is 2.28. The van der Waals surface area contributed by atoms with E-state index in [0.29, 0.717) is 17.8 Å². The third-order valence-corrected chi connectivity index (χ3v) is 3.54. The predicted molar refractivity (Wildman–Crippen MR) is 94.2 cm³/mol. The molecule has 0 unspecified atom stereocenters. The second kappa shape index (κ2) is 9.22. The fraction of sp³-hybridized carbons (Fsp3) is 0.211. The second-order valence-electron chi connectivity index (χ2n) is 5.51. The summed E-state index contributed by atoms with van der Waals surface area (Å²) in [7, 11) is 0. The minimum absolute atomic E-state index is 0.0629. The summed E-state index contributed by atoms with van der Waals surface area (Å²) in [5.41, 5.74) is 1.75. The Hall–Kier alpha value is -3.15. The molecule has 0 bridgehead atoms. The highest BCUT2D eigenvalue weighted by Gasteiger charge is 2.13. The van der Waals surface area contributed by atoms with Crippen LogP contribution in [0.15, 0.2) is 54.6 Å². The van der Waals surface area contributed by atoms with E-state index in [-0.39, 0.29) is 31.1 Å². The van der Waals surface area contributed by atoms with E-state index in [9.17, 15) is 14.4 Å². The van der Waals surface area contributed by atoms with Gasteiger partial charge in [-0.15, -0.1) is 0 Å². The van der Waals surface area contributed by atoms with Crippen molar-refractivity contribution in [2.75, 3.05) is 5.32 Å². The second-order valence-corrected chi connectivity index (χ2v) is 5.51. The molecule has 0 atom stereocenters. The Kier molecular flexibility index (Phi) is 6.71. The van der Waals surface area contributed by atoms with E-state index in [1.54, 1.807) is 24.3 Å². The van der Waals surface area contributed by atoms with Crippen LogP contribution < -0.4 is 10.6 Å². The van der Waals surface area contributed by atoms with Crippen LogP contribution in [-0.4, -0.2) is 22.9 Å². The minimum atomic E-state index is -0.937. The molecule has 0 saturated carbocycles. The lowest BCUT2D eigenvalue weighted by atomic mass is 10.1. The Labute approximate surface area is 145 Å². The van der Waals surface area contributed by atoms with Crippen molar-refractivity contribution in [3.05, 3.63) is 65.7 Å². The van der Waals surface area contributed by atoms with Crippen molar-refractivity contribution in [1.29, 1.82) is 0 Å². The molecule has 6 nitrogen and oxygen atoms in total. The maximum Gasteiger partial charge on any atom is 0.303 e. The topological polar surface area (TPSA) is 95.5 Å². The molecule has 3 N–H and O–H groups in total. The van der Waals surface area contributed by atoms with Crippen LogP contribution in [0.4, 0.5) is 5.69 Å². The van der Waals surface area contributed by atoms with Crippen LogP contribution in [-0.2, 0) is 16.1 Å². The van der Waals surface area contributed by atoms with E-state index in [2.05, 4.69) is 10.6 Å². The van der Waals surface area contributed by atoms with Gasteiger partial charge in [0.15, 0.2) is 0 Å². The molecule has 0 aliphatic carbocycles. The highest BCUT2D eigenvalue weighted by molar-refractivity contribution is 6.03. The minimum Gasteiger partial charge on any atom is -0.481 e. The number of aliphatic carboxylic acids is 1. The van der Waals surface area contributed by atoms with Crippen LogP contribution in [0.1, 0.15) is 35.2 Å². The van der Waals surface area contributed by atoms with E-state index in [0.717, 1.165) is 5.56 Å². The van der Waals surface area contributed by atoms with Crippen LogP contribution >= 0.6 is 0 Å². The first kappa shape index (κ1) is 18.2. The molecule has 0 aliphatic heterocycles. The number of nitrogens with one attached hydrogen (secondary N) is 2. The molecular formula is C19H20N2O4. The lowest BCUT2D eigenvalue weighted by molar-refractivity contribution is -0.137. The van der Waals surface area contributed by atoms with Crippen LogP contribution in [0.2, 0.25) is 0 Å². The molecule has 0 radical (unpaired) electrons. The Balaban J connectivity index is 1.95. The molecular weight excluding hydrogens is 320 g/mol. The molecule has 0 saturated heterocycles. The summed E-state index contributed by atoms with van der Waals surface area (Å²) < 4.78 is 0. The molecule has 2 aromatic carbocycles. The van der Waals surface area contributed by atoms with Gasteiger partial charge in [0.2, 0.25) is 5.91 Å². The maximum absolute atomic E-state index is 12.4. The molecule has 0 spiro atoms. The van der Waals surface area contributed by atoms with E-state index in [1.807, 2.05) is 30.3 Å². The van der Waals surface area contributed by atoms with Gasteiger partial charge in [0.05, 0.1) is 11.3 Å². The molecule has 2 amide bonds. The molecule has 2 aromatic rings. The number of hydrogen-bond donors (Lipinski definition) is 3. The van der Waals surface area contributed by atoms with Crippen molar-refractivity contribution < 1.29 is 19.5 Å². The summed E-state index contributed by atoms with van der Waals surface area (Å²) in [6, 6.07) is 16.2. The summed E-state index contributed by atoms with van der Waals surface area (Å²) in [6.45, 7) is 0.389. The summed E-state index contributed by atoms with van der Waals surface area (Å²) in [6.07, 6.45) is 0.280. The van der Waals surface area contributed by atoms with Gasteiger partial charge in [-0.1, -0.05) is 42.5 Å². The number of para-hydroxylation sites is 1. The highest BCUT2D eigenvalue weighted by Crippen LogP contribution is 2.16. The number of carbonyl (C=O) groups is 3. The van der Waals surface area contributed by atoms with E-state index in [4.69, 9.17) is 5.11 Å². The predicted octanol–water partition coefficient (Wildman–Crippen LogP) is 2.81. The molecule has 0 aromatic heterocycles. The standard InChI is InChI=1S/C19H20N2O4/c22-17(11-6-12-18(23)24)21-16-10-5-4-9-15(16)19(25)20-13-14-7-2-1-3-8-14/h1-5,7-10H,6,11-13H2,(H,20,25)(H,21,22)(H,23,24). The van der Waals surface area contributed by atoms with Gasteiger partial charge in [0, 0.05) is 19.4 Å². The third-order valence-electron chi connectivity index (χ3n) is 3.54. The zero-order valence-electron chi connectivity index (χ0n) is 13.7. The summed E-state index contributed by atoms with van der Waals surface area (Å²) in [5.74, 6) is -1.54. The largest absolute Gasteiger partial charge is 0.481 e. The molecule has 0 aliphatic rings. The number of rotatable bonds is 8. The molecule has 0 heterocycles. The van der Waals surface area contributed by atoms with E-state index >= 15 is 0 Å². The van der Waals surface area contributed by atoms with Gasteiger partial charge >= 0.3 is 5.97 Å². The van der Waals surface area contributed by atoms with Gasteiger partial charge in [0.25, 0.3) is 5.91 Å². The van der Waals surface area contributed by atoms with Gasteiger partial charge in [0.1, 0.15) is 0 Å². The van der Waals surface area contributed by atoms with Crippen LogP contribution in [0.3, 0.4) is 0 Å². The van der Waals surface area contributed by atoms with E-state index < -0.39 is 5.97 Å². The van der Waals surface area contributed by atoms with Crippen molar-refractivity contribution in [3.63, 3.8) is 0 Å². The van der Waals surface area contributed by atoms with Crippen molar-refractivity contribution in [2.24, 2.45) is 0 Å². The molecule has 6 heteroatoms. The highest BCUT2D eigenvalue weighted by atomic mass is 16.4. The number of amides is 2. The zero-order chi connectivity index (χ0) is 18.1. The normalized spacial score (nSPS) is 10.1. The zero-order valence-corrected chi connectivity index (χ0v) is 13.7. The lowest BCUT2D eigenvalue weighted by Gasteiger charge is -2.11. The van der Waals surface area contributed by atoms with Gasteiger partial charge < -0.3 is 15.7 Å². The van der Waals surface area contributed by atoms with Crippen LogP contribution in [0, 0.1) is 0 Å². The number of hydrogen-bond acceptors (Lipinski definition) is 3. The number of anilines is 1. The third kappa shape index (κ3) is 6.10. The van der Waals surface area contributed by atoms with Gasteiger partial charge in [-0.25, -0.2) is 0 Å². The van der Waals surface area contributed by atoms with Crippen molar-refractivity contribution in [2.45, 2.75) is 25.8 Å². The number of carbonyl (C=O) groups excluding carboxylic acids is 2. The van der Waals surface area contributed by atoms with Gasteiger partial charge in [-0.2, -0.15) is 0 Å². The summed E-state index contributed by atoms with van der Waals surface area (Å²) in [5, 5.41) is 14.1. The SMILES string of the molecule is O=C(O)CCCC(=O)Nc1ccccc1C(=O)NCc1ccccc1. The maximum atomic E-state index is 12.4. The molecule has 0 fully saturated rings. The Morgan fingerprint density at radius 2 is 1.56 bits per heavy atom. The average Bonchev–Trinajstić information content (AvgIpc) is 2.60. The molecule has 2 rings (SSSR count). The summed E-state index contributed by atoms with van der Waals surface area (Å²) >= 11 is 0. The summed E-state index contributed by atoms with van der Waals surface area (Å²) in [4.78, 5) is 34.8. The Morgan fingerprint density at radius 1 is 0.880 bits per heavy atom. The van der Waals surface area contributed by atoms with Crippen LogP contribution in [0.25, 0.3) is 0 Å².